The molecule has 2 heteroatoms. The first kappa shape index (κ1) is 18.9. The minimum absolute atomic E-state index is 0.390. The van der Waals surface area contributed by atoms with Crippen LogP contribution in [0.15, 0.2) is 59.7 Å². The van der Waals surface area contributed by atoms with Gasteiger partial charge in [0.25, 0.3) is 0 Å². The highest BCUT2D eigenvalue weighted by Crippen LogP contribution is 2.41. The summed E-state index contributed by atoms with van der Waals surface area (Å²) in [5.41, 5.74) is 7.74. The second-order valence-electron chi connectivity index (χ2n) is 8.49. The molecule has 0 aromatic heterocycles. The van der Waals surface area contributed by atoms with E-state index in [2.05, 4.69) is 36.4 Å². The Morgan fingerprint density at radius 3 is 1.43 bits per heavy atom. The summed E-state index contributed by atoms with van der Waals surface area (Å²) in [6, 6.07) is 12.1. The van der Waals surface area contributed by atoms with Gasteiger partial charge in [0.05, 0.1) is 0 Å². The van der Waals surface area contributed by atoms with E-state index in [1.807, 2.05) is 26.0 Å². The lowest BCUT2D eigenvalue weighted by molar-refractivity contribution is 0.469. The smallest absolute Gasteiger partial charge is 0.118 e. The maximum Gasteiger partial charge on any atom is 0.118 e. The normalized spacial score (nSPS) is 22.5. The lowest BCUT2D eigenvalue weighted by atomic mass is 9.77. The third-order valence-electron chi connectivity index (χ3n) is 6.62. The van der Waals surface area contributed by atoms with Crippen LogP contribution in [0.3, 0.4) is 0 Å². The zero-order valence-electron chi connectivity index (χ0n) is 16.9. The van der Waals surface area contributed by atoms with Crippen molar-refractivity contribution in [2.75, 3.05) is 0 Å². The Morgan fingerprint density at radius 1 is 0.679 bits per heavy atom. The van der Waals surface area contributed by atoms with Gasteiger partial charge in [-0.05, 0) is 110 Å². The maximum absolute atomic E-state index is 9.75. The molecule has 0 amide bonds. The maximum atomic E-state index is 9.75. The van der Waals surface area contributed by atoms with Crippen molar-refractivity contribution in [2.45, 2.75) is 64.2 Å². The number of benzene rings is 2. The molecule has 2 aliphatic carbocycles. The predicted octanol–water partition coefficient (Wildman–Crippen LogP) is 6.80. The van der Waals surface area contributed by atoms with Crippen LogP contribution in [0, 0.1) is 13.8 Å². The fraction of sp³-hybridized carbons (Fsp3) is 0.385. The van der Waals surface area contributed by atoms with Gasteiger partial charge in [-0.1, -0.05) is 36.4 Å². The van der Waals surface area contributed by atoms with E-state index < -0.39 is 0 Å². The molecule has 0 heterocycles. The summed E-state index contributed by atoms with van der Waals surface area (Å²) in [7, 11) is 0. The second-order valence-corrected chi connectivity index (χ2v) is 8.49. The zero-order valence-corrected chi connectivity index (χ0v) is 16.9. The number of hydrogen-bond donors (Lipinski definition) is 2. The first-order chi connectivity index (χ1) is 13.5. The van der Waals surface area contributed by atoms with Gasteiger partial charge in [-0.25, -0.2) is 0 Å². The molecule has 2 aromatic rings. The molecule has 2 nitrogen and oxygen atoms in total. The van der Waals surface area contributed by atoms with Crippen LogP contribution in [-0.2, 0) is 0 Å². The Balaban J connectivity index is 1.41. The van der Waals surface area contributed by atoms with Crippen molar-refractivity contribution in [3.8, 4) is 11.5 Å². The molecule has 2 unspecified atom stereocenters. The lowest BCUT2D eigenvalue weighted by Crippen LogP contribution is -2.10. The number of hydrogen-bond acceptors (Lipinski definition) is 2. The van der Waals surface area contributed by atoms with Crippen LogP contribution in [0.5, 0.6) is 11.5 Å². The standard InChI is InChI=1S/C26H30O2/c1-17-15-23(11-13-25(17)27)21-7-3-19(4-8-21)20-5-9-22(10-6-20)24-12-14-26(28)18(2)16-24/h3,5,11-16,21-22,27-28H,4,6-10H2,1-2H3. The minimum atomic E-state index is 0.390. The Kier molecular flexibility index (Phi) is 5.30. The summed E-state index contributed by atoms with van der Waals surface area (Å²) >= 11 is 0. The van der Waals surface area contributed by atoms with E-state index in [9.17, 15) is 10.2 Å². The summed E-state index contributed by atoms with van der Waals surface area (Å²) < 4.78 is 0. The van der Waals surface area contributed by atoms with Gasteiger partial charge in [-0.3, -0.25) is 0 Å². The molecule has 0 saturated heterocycles. The van der Waals surface area contributed by atoms with Gasteiger partial charge < -0.3 is 10.2 Å². The molecule has 0 bridgehead atoms. The molecule has 0 aliphatic heterocycles. The van der Waals surface area contributed by atoms with E-state index >= 15 is 0 Å². The summed E-state index contributed by atoms with van der Waals surface area (Å²) in [6.07, 6.45) is 11.8. The Hall–Kier alpha value is -2.48. The van der Waals surface area contributed by atoms with Crippen molar-refractivity contribution in [1.82, 2.24) is 0 Å². The van der Waals surface area contributed by atoms with E-state index in [1.54, 1.807) is 11.1 Å². The molecule has 28 heavy (non-hydrogen) atoms. The summed E-state index contributed by atoms with van der Waals surface area (Å²) in [5, 5.41) is 19.5. The van der Waals surface area contributed by atoms with Crippen LogP contribution in [0.4, 0.5) is 0 Å². The molecule has 0 spiro atoms. The molecule has 0 fully saturated rings. The van der Waals surface area contributed by atoms with Crippen LogP contribution in [0.1, 0.15) is 72.6 Å². The number of allylic oxidation sites excluding steroid dienone is 4. The monoisotopic (exact) mass is 374 g/mol. The summed E-state index contributed by atoms with van der Waals surface area (Å²) in [5.74, 6) is 1.92. The molecule has 4 rings (SSSR count). The number of phenolic OH excluding ortho intramolecular Hbond substituents is 2. The van der Waals surface area contributed by atoms with E-state index in [-0.39, 0.29) is 0 Å². The largest absolute Gasteiger partial charge is 0.508 e. The number of rotatable bonds is 3. The molecule has 2 aliphatic rings. The number of aryl methyl sites for hydroxylation is 2. The van der Waals surface area contributed by atoms with E-state index in [0.29, 0.717) is 23.3 Å². The first-order valence-electron chi connectivity index (χ1n) is 10.5. The van der Waals surface area contributed by atoms with Crippen molar-refractivity contribution in [1.29, 1.82) is 0 Å². The molecular weight excluding hydrogens is 344 g/mol. The number of phenols is 2. The van der Waals surface area contributed by atoms with Crippen LogP contribution < -0.4 is 0 Å². The predicted molar refractivity (Wildman–Crippen MR) is 115 cm³/mol. The quantitative estimate of drug-likeness (QED) is 0.620. The summed E-state index contributed by atoms with van der Waals surface area (Å²) in [6.45, 7) is 3.95. The van der Waals surface area contributed by atoms with E-state index in [4.69, 9.17) is 0 Å². The highest BCUT2D eigenvalue weighted by atomic mass is 16.3. The van der Waals surface area contributed by atoms with Gasteiger partial charge in [-0.2, -0.15) is 0 Å². The third kappa shape index (κ3) is 3.87. The molecule has 0 radical (unpaired) electrons. The van der Waals surface area contributed by atoms with Crippen molar-refractivity contribution >= 4 is 0 Å². The number of aromatic hydroxyl groups is 2. The molecule has 2 N–H and O–H groups in total. The molecule has 2 atom stereocenters. The second kappa shape index (κ2) is 7.87. The first-order valence-corrected chi connectivity index (χ1v) is 10.5. The Morgan fingerprint density at radius 2 is 1.11 bits per heavy atom. The van der Waals surface area contributed by atoms with Crippen LogP contribution in [0.2, 0.25) is 0 Å². The van der Waals surface area contributed by atoms with Crippen molar-refractivity contribution in [3.63, 3.8) is 0 Å². The SMILES string of the molecule is Cc1cc(C2CC=C(C3=CCC(c4ccc(O)c(C)c4)CC3)CC2)ccc1O. The minimum Gasteiger partial charge on any atom is -0.508 e. The highest BCUT2D eigenvalue weighted by molar-refractivity contribution is 5.41. The summed E-state index contributed by atoms with van der Waals surface area (Å²) in [4.78, 5) is 0. The van der Waals surface area contributed by atoms with Gasteiger partial charge in [0.1, 0.15) is 11.5 Å². The van der Waals surface area contributed by atoms with Gasteiger partial charge in [0, 0.05) is 0 Å². The molecule has 0 saturated carbocycles. The van der Waals surface area contributed by atoms with Gasteiger partial charge in [0.15, 0.2) is 0 Å². The van der Waals surface area contributed by atoms with E-state index in [0.717, 1.165) is 36.8 Å². The Bertz CT molecular complexity index is 858. The van der Waals surface area contributed by atoms with Crippen molar-refractivity contribution < 1.29 is 10.2 Å². The van der Waals surface area contributed by atoms with Crippen LogP contribution in [-0.4, -0.2) is 10.2 Å². The van der Waals surface area contributed by atoms with Crippen LogP contribution >= 0.6 is 0 Å². The zero-order chi connectivity index (χ0) is 19.7. The molecule has 2 aromatic carbocycles. The van der Waals surface area contributed by atoms with Crippen molar-refractivity contribution in [2.24, 2.45) is 0 Å². The fourth-order valence-electron chi connectivity index (χ4n) is 4.72. The van der Waals surface area contributed by atoms with Crippen LogP contribution in [0.25, 0.3) is 0 Å². The third-order valence-corrected chi connectivity index (χ3v) is 6.62. The molecule has 146 valence electrons. The molecular formula is C26H30O2. The highest BCUT2D eigenvalue weighted by Gasteiger charge is 2.22. The van der Waals surface area contributed by atoms with Gasteiger partial charge in [-0.15, -0.1) is 0 Å². The van der Waals surface area contributed by atoms with Gasteiger partial charge >= 0.3 is 0 Å². The van der Waals surface area contributed by atoms with E-state index in [1.165, 1.54) is 24.0 Å². The van der Waals surface area contributed by atoms with Crippen molar-refractivity contribution in [3.05, 3.63) is 82.0 Å². The fourth-order valence-corrected chi connectivity index (χ4v) is 4.72. The van der Waals surface area contributed by atoms with Gasteiger partial charge in [0.2, 0.25) is 0 Å². The Labute approximate surface area is 168 Å². The average Bonchev–Trinajstić information content (AvgIpc) is 2.72. The topological polar surface area (TPSA) is 40.5 Å². The lowest BCUT2D eigenvalue weighted by Gasteiger charge is -2.28. The average molecular weight is 375 g/mol.